The molecule has 0 aliphatic carbocycles. The summed E-state index contributed by atoms with van der Waals surface area (Å²) in [4.78, 5) is 35.0. The molecular formula is C13H14N2O3. The van der Waals surface area contributed by atoms with Gasteiger partial charge in [0.2, 0.25) is 11.7 Å². The summed E-state index contributed by atoms with van der Waals surface area (Å²) < 4.78 is 0. The molecule has 0 spiro atoms. The molecule has 0 saturated heterocycles. The molecule has 2 amide bonds. The zero-order chi connectivity index (χ0) is 13.3. The number of rotatable bonds is 3. The largest absolute Gasteiger partial charge is 0.335 e. The number of amides is 2. The highest BCUT2D eigenvalue weighted by molar-refractivity contribution is 6.34. The quantitative estimate of drug-likeness (QED) is 0.799. The number of benzene rings is 1. The zero-order valence-electron chi connectivity index (χ0n) is 10.3. The summed E-state index contributed by atoms with van der Waals surface area (Å²) in [5, 5.41) is 2.75. The number of carbonyl (C=O) groups excluding carboxylic acids is 3. The van der Waals surface area contributed by atoms with Gasteiger partial charge in [0.15, 0.2) is 0 Å². The molecule has 1 aromatic carbocycles. The van der Waals surface area contributed by atoms with Gasteiger partial charge in [-0.25, -0.2) is 0 Å². The van der Waals surface area contributed by atoms with Crippen LogP contribution in [0.4, 0.5) is 5.69 Å². The van der Waals surface area contributed by atoms with Crippen LogP contribution in [0.1, 0.15) is 18.1 Å². The van der Waals surface area contributed by atoms with E-state index in [-0.39, 0.29) is 5.91 Å². The van der Waals surface area contributed by atoms with Crippen molar-refractivity contribution in [2.75, 3.05) is 12.4 Å². The first-order valence-corrected chi connectivity index (χ1v) is 5.65. The van der Waals surface area contributed by atoms with Gasteiger partial charge in [0, 0.05) is 26.2 Å². The number of hydrogen-bond acceptors (Lipinski definition) is 3. The Morgan fingerprint density at radius 3 is 2.78 bits per heavy atom. The van der Waals surface area contributed by atoms with E-state index in [4.69, 9.17) is 0 Å². The van der Waals surface area contributed by atoms with E-state index in [1.165, 1.54) is 11.8 Å². The number of Topliss-reactive ketones (excluding diaryl/α,β-unsaturated/α-hetero) is 1. The molecule has 1 aliphatic heterocycles. The van der Waals surface area contributed by atoms with Crippen molar-refractivity contribution >= 4 is 23.3 Å². The van der Waals surface area contributed by atoms with Crippen LogP contribution in [0.15, 0.2) is 18.2 Å². The van der Waals surface area contributed by atoms with E-state index in [9.17, 15) is 14.4 Å². The molecule has 0 radical (unpaired) electrons. The second kappa shape index (κ2) is 4.60. The van der Waals surface area contributed by atoms with Crippen LogP contribution in [0.2, 0.25) is 0 Å². The van der Waals surface area contributed by atoms with E-state index in [1.807, 2.05) is 18.2 Å². The van der Waals surface area contributed by atoms with Gasteiger partial charge in [-0.1, -0.05) is 12.1 Å². The van der Waals surface area contributed by atoms with Crippen LogP contribution in [0.5, 0.6) is 0 Å². The normalized spacial score (nSPS) is 12.9. The Balaban J connectivity index is 2.12. The molecule has 5 nitrogen and oxygen atoms in total. The SMILES string of the molecule is CC(=O)C(=O)N(C)Cc1ccc2c(c1)CC(=O)N2. The Bertz CT molecular complexity index is 537. The fourth-order valence-corrected chi connectivity index (χ4v) is 2.00. The van der Waals surface area contributed by atoms with Gasteiger partial charge in [-0.2, -0.15) is 0 Å². The number of anilines is 1. The molecule has 1 N–H and O–H groups in total. The Hall–Kier alpha value is -2.17. The highest BCUT2D eigenvalue weighted by Gasteiger charge is 2.19. The maximum Gasteiger partial charge on any atom is 0.289 e. The first kappa shape index (κ1) is 12.3. The monoisotopic (exact) mass is 246 g/mol. The highest BCUT2D eigenvalue weighted by Crippen LogP contribution is 2.24. The summed E-state index contributed by atoms with van der Waals surface area (Å²) in [6.07, 6.45) is 0.369. The summed E-state index contributed by atoms with van der Waals surface area (Å²) >= 11 is 0. The van der Waals surface area contributed by atoms with Crippen LogP contribution in [-0.2, 0) is 27.3 Å². The van der Waals surface area contributed by atoms with E-state index in [0.717, 1.165) is 16.8 Å². The second-order valence-electron chi connectivity index (χ2n) is 4.43. The van der Waals surface area contributed by atoms with Crippen LogP contribution in [-0.4, -0.2) is 29.5 Å². The molecule has 0 fully saturated rings. The molecule has 1 aliphatic rings. The van der Waals surface area contributed by atoms with Gasteiger partial charge >= 0.3 is 0 Å². The number of ketones is 1. The van der Waals surface area contributed by atoms with E-state index in [1.54, 1.807) is 7.05 Å². The first-order valence-electron chi connectivity index (χ1n) is 5.65. The summed E-state index contributed by atoms with van der Waals surface area (Å²) in [6, 6.07) is 5.55. The number of nitrogens with zero attached hydrogens (tertiary/aromatic N) is 1. The molecule has 18 heavy (non-hydrogen) atoms. The second-order valence-corrected chi connectivity index (χ2v) is 4.43. The summed E-state index contributed by atoms with van der Waals surface area (Å²) in [5.41, 5.74) is 2.66. The minimum Gasteiger partial charge on any atom is -0.335 e. The van der Waals surface area contributed by atoms with Crippen molar-refractivity contribution < 1.29 is 14.4 Å². The van der Waals surface area contributed by atoms with Gasteiger partial charge < -0.3 is 10.2 Å². The Kier molecular flexibility index (Phi) is 3.14. The predicted octanol–water partition coefficient (Wildman–Crippen LogP) is 0.729. The smallest absolute Gasteiger partial charge is 0.289 e. The molecule has 5 heteroatoms. The number of likely N-dealkylation sites (N-methyl/N-ethyl adjacent to an activating group) is 1. The zero-order valence-corrected chi connectivity index (χ0v) is 10.3. The third kappa shape index (κ3) is 2.40. The Labute approximate surface area is 105 Å². The standard InChI is InChI=1S/C13H14N2O3/c1-8(16)13(18)15(2)7-9-3-4-11-10(5-9)6-12(17)14-11/h3-5H,6-7H2,1-2H3,(H,14,17). The van der Waals surface area contributed by atoms with Crippen molar-refractivity contribution in [3.05, 3.63) is 29.3 Å². The minimum absolute atomic E-state index is 0.0182. The van der Waals surface area contributed by atoms with E-state index >= 15 is 0 Å². The lowest BCUT2D eigenvalue weighted by Gasteiger charge is -2.15. The van der Waals surface area contributed by atoms with Gasteiger partial charge in [0.25, 0.3) is 5.91 Å². The summed E-state index contributed by atoms with van der Waals surface area (Å²) in [7, 11) is 1.58. The predicted molar refractivity (Wildman–Crippen MR) is 65.9 cm³/mol. The molecule has 0 unspecified atom stereocenters. The molecule has 94 valence electrons. The number of nitrogens with one attached hydrogen (secondary N) is 1. The van der Waals surface area contributed by atoms with Crippen LogP contribution in [0.25, 0.3) is 0 Å². The molecular weight excluding hydrogens is 232 g/mol. The van der Waals surface area contributed by atoms with Crippen molar-refractivity contribution in [2.24, 2.45) is 0 Å². The fourth-order valence-electron chi connectivity index (χ4n) is 2.00. The maximum atomic E-state index is 11.4. The van der Waals surface area contributed by atoms with Gasteiger partial charge in [-0.05, 0) is 17.2 Å². The number of hydrogen-bond donors (Lipinski definition) is 1. The third-order valence-corrected chi connectivity index (χ3v) is 2.86. The number of fused-ring (bicyclic) bond motifs is 1. The minimum atomic E-state index is -0.510. The molecule has 0 aromatic heterocycles. The average molecular weight is 246 g/mol. The van der Waals surface area contributed by atoms with Crippen molar-refractivity contribution in [2.45, 2.75) is 19.9 Å². The van der Waals surface area contributed by atoms with Crippen molar-refractivity contribution in [1.29, 1.82) is 0 Å². The van der Waals surface area contributed by atoms with Crippen LogP contribution < -0.4 is 5.32 Å². The summed E-state index contributed by atoms with van der Waals surface area (Å²) in [5.74, 6) is -1.00. The van der Waals surface area contributed by atoms with E-state index < -0.39 is 11.7 Å². The molecule has 1 heterocycles. The van der Waals surface area contributed by atoms with Crippen LogP contribution in [0.3, 0.4) is 0 Å². The van der Waals surface area contributed by atoms with Crippen LogP contribution >= 0.6 is 0 Å². The topological polar surface area (TPSA) is 66.5 Å². The highest BCUT2D eigenvalue weighted by atomic mass is 16.2. The first-order chi connectivity index (χ1) is 8.47. The lowest BCUT2D eigenvalue weighted by molar-refractivity contribution is -0.143. The number of carbonyl (C=O) groups is 3. The molecule has 2 rings (SSSR count). The molecule has 0 bridgehead atoms. The maximum absolute atomic E-state index is 11.4. The Morgan fingerprint density at radius 2 is 2.11 bits per heavy atom. The van der Waals surface area contributed by atoms with Gasteiger partial charge in [-0.15, -0.1) is 0 Å². The lowest BCUT2D eigenvalue weighted by atomic mass is 10.1. The van der Waals surface area contributed by atoms with Crippen molar-refractivity contribution in [3.8, 4) is 0 Å². The van der Waals surface area contributed by atoms with Crippen LogP contribution in [0, 0.1) is 0 Å². The Morgan fingerprint density at radius 1 is 1.39 bits per heavy atom. The molecule has 1 aromatic rings. The fraction of sp³-hybridized carbons (Fsp3) is 0.308. The summed E-state index contributed by atoms with van der Waals surface area (Å²) in [6.45, 7) is 1.62. The van der Waals surface area contributed by atoms with E-state index in [0.29, 0.717) is 13.0 Å². The average Bonchev–Trinajstić information content (AvgIpc) is 2.67. The van der Waals surface area contributed by atoms with Crippen molar-refractivity contribution in [1.82, 2.24) is 4.90 Å². The third-order valence-electron chi connectivity index (χ3n) is 2.86. The lowest BCUT2D eigenvalue weighted by Crippen LogP contribution is -2.31. The van der Waals surface area contributed by atoms with Crippen molar-refractivity contribution in [3.63, 3.8) is 0 Å². The molecule has 0 atom stereocenters. The molecule has 0 saturated carbocycles. The van der Waals surface area contributed by atoms with Gasteiger partial charge in [0.1, 0.15) is 0 Å². The van der Waals surface area contributed by atoms with Gasteiger partial charge in [-0.3, -0.25) is 14.4 Å². The van der Waals surface area contributed by atoms with E-state index in [2.05, 4.69) is 5.32 Å². The van der Waals surface area contributed by atoms with Gasteiger partial charge in [0.05, 0.1) is 6.42 Å².